The molecular formula is C16H23N. The lowest BCUT2D eigenvalue weighted by molar-refractivity contribution is 0.0992. The first-order valence-electron chi connectivity index (χ1n) is 7.81. The van der Waals surface area contributed by atoms with Crippen molar-refractivity contribution in [1.29, 1.82) is 0 Å². The van der Waals surface area contributed by atoms with Crippen LogP contribution < -0.4 is 0 Å². The van der Waals surface area contributed by atoms with E-state index < -0.39 is 11.9 Å². The number of benzene rings is 1. The Morgan fingerprint density at radius 1 is 1.47 bits per heavy atom. The first-order valence-corrected chi connectivity index (χ1v) is 6.24. The van der Waals surface area contributed by atoms with Crippen LogP contribution >= 0.6 is 0 Å². The van der Waals surface area contributed by atoms with Gasteiger partial charge in [-0.15, -0.1) is 6.58 Å². The molecule has 1 aliphatic rings. The van der Waals surface area contributed by atoms with Gasteiger partial charge < -0.3 is 0 Å². The Hall–Kier alpha value is -1.08. The van der Waals surface area contributed by atoms with Crippen LogP contribution in [0.5, 0.6) is 0 Å². The van der Waals surface area contributed by atoms with Gasteiger partial charge in [0.15, 0.2) is 0 Å². The summed E-state index contributed by atoms with van der Waals surface area (Å²) in [5.41, 5.74) is 0.405. The van der Waals surface area contributed by atoms with Crippen molar-refractivity contribution in [3.8, 4) is 0 Å². The van der Waals surface area contributed by atoms with Crippen LogP contribution in [0.3, 0.4) is 0 Å². The van der Waals surface area contributed by atoms with Gasteiger partial charge in [-0.2, -0.15) is 0 Å². The molecule has 0 aromatic heterocycles. The molecule has 1 aliphatic heterocycles. The van der Waals surface area contributed by atoms with E-state index in [9.17, 15) is 0 Å². The monoisotopic (exact) mass is 232 g/mol. The van der Waals surface area contributed by atoms with E-state index in [1.807, 2.05) is 42.2 Å². The summed E-state index contributed by atoms with van der Waals surface area (Å²) in [6.45, 7) is 5.34. The van der Waals surface area contributed by atoms with E-state index >= 15 is 0 Å². The van der Waals surface area contributed by atoms with Crippen LogP contribution in [-0.2, 0) is 6.54 Å². The Balaban J connectivity index is 2.24. The Kier molecular flexibility index (Phi) is 2.89. The minimum absolute atomic E-state index is 0.387. The van der Waals surface area contributed by atoms with Crippen molar-refractivity contribution in [2.45, 2.75) is 32.7 Å². The first kappa shape index (κ1) is 8.93. The number of nitrogens with zero attached hydrogens (tertiary/aromatic N) is 1. The summed E-state index contributed by atoms with van der Waals surface area (Å²) in [5, 5.41) is 0. The van der Waals surface area contributed by atoms with Gasteiger partial charge in [0, 0.05) is 17.2 Å². The van der Waals surface area contributed by atoms with Crippen LogP contribution in [0.1, 0.15) is 35.8 Å². The van der Waals surface area contributed by atoms with Gasteiger partial charge in [0.1, 0.15) is 0 Å². The lowest BCUT2D eigenvalue weighted by Crippen LogP contribution is -2.40. The van der Waals surface area contributed by atoms with Crippen molar-refractivity contribution in [3.63, 3.8) is 0 Å². The maximum Gasteiger partial charge on any atom is 0.0437 e. The van der Waals surface area contributed by atoms with Crippen molar-refractivity contribution in [3.05, 3.63) is 48.6 Å². The number of rotatable bonds is 4. The predicted molar refractivity (Wildman–Crippen MR) is 73.9 cm³/mol. The number of hydrogen-bond donors (Lipinski definition) is 0. The number of likely N-dealkylation sites (tertiary alicyclic amines) is 1. The average molecular weight is 232 g/mol. The minimum atomic E-state index is -1.50. The molecule has 2 unspecified atom stereocenters. The molecule has 0 spiro atoms. The van der Waals surface area contributed by atoms with Gasteiger partial charge in [0.2, 0.25) is 0 Å². The van der Waals surface area contributed by atoms with Gasteiger partial charge in [0.25, 0.3) is 0 Å². The summed E-state index contributed by atoms with van der Waals surface area (Å²) >= 11 is 0. The Morgan fingerprint density at radius 2 is 2.24 bits per heavy atom. The van der Waals surface area contributed by atoms with Crippen LogP contribution in [0.15, 0.2) is 43.0 Å². The fourth-order valence-electron chi connectivity index (χ4n) is 2.35. The molecule has 0 N–H and O–H groups in total. The Morgan fingerprint density at radius 3 is 2.94 bits per heavy atom. The molecule has 1 heterocycles. The molecule has 0 radical (unpaired) electrons. The molecule has 0 saturated carbocycles. The quantitative estimate of drug-likeness (QED) is 0.712. The second-order valence-corrected chi connectivity index (χ2v) is 4.92. The molecule has 1 aromatic carbocycles. The molecule has 1 fully saturated rings. The van der Waals surface area contributed by atoms with Gasteiger partial charge in [-0.05, 0) is 36.8 Å². The van der Waals surface area contributed by atoms with E-state index in [4.69, 9.17) is 4.11 Å². The van der Waals surface area contributed by atoms with E-state index in [0.717, 1.165) is 5.56 Å². The molecular weight excluding hydrogens is 206 g/mol. The van der Waals surface area contributed by atoms with Crippen molar-refractivity contribution in [2.75, 3.05) is 13.0 Å². The highest BCUT2D eigenvalue weighted by molar-refractivity contribution is 5.14. The summed E-state index contributed by atoms with van der Waals surface area (Å²) in [6.07, 6.45) is 2.59. The van der Waals surface area contributed by atoms with Gasteiger partial charge in [-0.25, -0.2) is 0 Å². The molecule has 1 nitrogen and oxygen atoms in total. The van der Waals surface area contributed by atoms with Crippen LogP contribution in [0, 0.1) is 5.41 Å². The van der Waals surface area contributed by atoms with E-state index in [1.165, 1.54) is 0 Å². The topological polar surface area (TPSA) is 3.24 Å². The molecule has 2 atom stereocenters. The first-order chi connectivity index (χ1) is 9.41. The van der Waals surface area contributed by atoms with Gasteiger partial charge in [-0.1, -0.05) is 43.3 Å². The number of piperidine rings is 1. The fraction of sp³-hybridized carbons (Fsp3) is 0.500. The highest BCUT2D eigenvalue weighted by Gasteiger charge is 2.29. The van der Waals surface area contributed by atoms with E-state index in [-0.39, 0.29) is 6.40 Å². The third-order valence-electron chi connectivity index (χ3n) is 3.19. The molecule has 17 heavy (non-hydrogen) atoms. The predicted octanol–water partition coefficient (Wildman–Crippen LogP) is 3.86. The summed E-state index contributed by atoms with van der Waals surface area (Å²) in [5.74, 6) is 0. The molecule has 1 heteroatoms. The van der Waals surface area contributed by atoms with Gasteiger partial charge >= 0.3 is 0 Å². The Labute approximate surface area is 109 Å². The fourth-order valence-corrected chi connectivity index (χ4v) is 2.35. The minimum Gasteiger partial charge on any atom is -0.299 e. The van der Waals surface area contributed by atoms with E-state index in [0.29, 0.717) is 25.9 Å². The normalized spacial score (nSPS) is 35.6. The van der Waals surface area contributed by atoms with E-state index in [2.05, 4.69) is 6.58 Å². The molecule has 2 rings (SSSR count). The SMILES string of the molecule is [2H]C1CCN(Cc2ccccc2)C([2H])([2H])C1(C)CC=C. The summed E-state index contributed by atoms with van der Waals surface area (Å²) in [4.78, 5) is 1.87. The molecule has 0 aliphatic carbocycles. The highest BCUT2D eigenvalue weighted by Crippen LogP contribution is 2.33. The third-order valence-corrected chi connectivity index (χ3v) is 3.19. The second-order valence-electron chi connectivity index (χ2n) is 4.92. The van der Waals surface area contributed by atoms with Crippen molar-refractivity contribution in [2.24, 2.45) is 5.41 Å². The number of hydrogen-bond acceptors (Lipinski definition) is 1. The molecule has 92 valence electrons. The lowest BCUT2D eigenvalue weighted by atomic mass is 9.79. The largest absolute Gasteiger partial charge is 0.299 e. The van der Waals surface area contributed by atoms with Gasteiger partial charge in [0.05, 0.1) is 0 Å². The second kappa shape index (κ2) is 5.50. The maximum atomic E-state index is 8.55. The molecule has 0 amide bonds. The molecule has 0 bridgehead atoms. The molecule has 1 aromatic rings. The van der Waals surface area contributed by atoms with Crippen LogP contribution in [-0.4, -0.2) is 17.9 Å². The third kappa shape index (κ3) is 3.44. The molecule has 1 saturated heterocycles. The van der Waals surface area contributed by atoms with E-state index in [1.54, 1.807) is 6.08 Å². The van der Waals surface area contributed by atoms with Crippen LogP contribution in [0.4, 0.5) is 0 Å². The zero-order valence-electron chi connectivity index (χ0n) is 13.5. The summed E-state index contributed by atoms with van der Waals surface area (Å²) < 4.78 is 25.3. The Bertz CT molecular complexity index is 460. The van der Waals surface area contributed by atoms with Crippen LogP contribution in [0.25, 0.3) is 0 Å². The summed E-state index contributed by atoms with van der Waals surface area (Å²) in [6, 6.07) is 9.97. The zero-order chi connectivity index (χ0) is 14.8. The smallest absolute Gasteiger partial charge is 0.0437 e. The van der Waals surface area contributed by atoms with Gasteiger partial charge in [-0.3, -0.25) is 4.90 Å². The zero-order valence-corrected chi connectivity index (χ0v) is 10.5. The highest BCUT2D eigenvalue weighted by atomic mass is 15.1. The van der Waals surface area contributed by atoms with Crippen molar-refractivity contribution < 1.29 is 4.11 Å². The van der Waals surface area contributed by atoms with Crippen LogP contribution in [0.2, 0.25) is 0 Å². The summed E-state index contributed by atoms with van der Waals surface area (Å²) in [7, 11) is 0. The maximum absolute atomic E-state index is 8.55. The standard InChI is InChI=1S/C16H23N/c1-3-10-16(2)11-7-12-17(14-16)13-15-8-5-4-6-9-15/h3-6,8-9H,1,7,10-14H2,2H3/i11D,14D2. The van der Waals surface area contributed by atoms with Crippen molar-refractivity contribution >= 4 is 0 Å². The average Bonchev–Trinajstić information content (AvgIpc) is 2.42. The lowest BCUT2D eigenvalue weighted by Gasteiger charge is -2.40. The number of allylic oxidation sites excluding steroid dienone is 1. The van der Waals surface area contributed by atoms with Crippen molar-refractivity contribution in [1.82, 2.24) is 4.90 Å².